The molecular formula is C22H26N6O7. The van der Waals surface area contributed by atoms with Crippen LogP contribution in [0.5, 0.6) is 0 Å². The number of furan rings is 2. The van der Waals surface area contributed by atoms with E-state index in [2.05, 4.69) is 16.8 Å². The van der Waals surface area contributed by atoms with Crippen molar-refractivity contribution < 1.29 is 33.6 Å². The van der Waals surface area contributed by atoms with Gasteiger partial charge in [0, 0.05) is 17.8 Å². The molecule has 0 fully saturated rings. The number of hydrogen-bond acceptors (Lipinski definition) is 7. The number of hydroxylamine groups is 4. The highest BCUT2D eigenvalue weighted by Gasteiger charge is 2.12. The van der Waals surface area contributed by atoms with Crippen LogP contribution in [-0.2, 0) is 13.1 Å². The topological polar surface area (TPSA) is 215 Å². The van der Waals surface area contributed by atoms with Gasteiger partial charge in [-0.25, -0.2) is 14.4 Å². The fraction of sp³-hybridized carbons (Fsp3) is 0.136. The van der Waals surface area contributed by atoms with Crippen LogP contribution in [0.4, 0.5) is 14.4 Å². The van der Waals surface area contributed by atoms with Gasteiger partial charge in [-0.15, -0.1) is 0 Å². The van der Waals surface area contributed by atoms with Gasteiger partial charge in [0.15, 0.2) is 0 Å². The quantitative estimate of drug-likeness (QED) is 0.187. The molecule has 6 amide bonds. The first-order chi connectivity index (χ1) is 16.6. The predicted molar refractivity (Wildman–Crippen MR) is 125 cm³/mol. The number of benzene rings is 2. The Morgan fingerprint density at radius 2 is 1.20 bits per heavy atom. The van der Waals surface area contributed by atoms with Crippen molar-refractivity contribution in [1.29, 1.82) is 0 Å². The summed E-state index contributed by atoms with van der Waals surface area (Å²) in [6, 6.07) is 16.2. The first-order valence-electron chi connectivity index (χ1n) is 10.0. The van der Waals surface area contributed by atoms with Crippen LogP contribution < -0.4 is 22.5 Å². The number of primary amides is 3. The molecule has 0 aliphatic rings. The van der Waals surface area contributed by atoms with Crippen LogP contribution in [0.25, 0.3) is 21.9 Å². The Kier molecular flexibility index (Phi) is 9.45. The Balaban J connectivity index is 0.000000215. The lowest BCUT2D eigenvalue weighted by atomic mass is 10.2. The van der Waals surface area contributed by atoms with E-state index in [-0.39, 0.29) is 13.1 Å². The first kappa shape index (κ1) is 26.5. The summed E-state index contributed by atoms with van der Waals surface area (Å²) in [5.74, 6) is 1.02. The highest BCUT2D eigenvalue weighted by molar-refractivity contribution is 5.78. The molecule has 0 radical (unpaired) electrons. The zero-order valence-corrected chi connectivity index (χ0v) is 18.7. The second-order valence-electron chi connectivity index (χ2n) is 6.91. The lowest BCUT2D eigenvalue weighted by Crippen LogP contribution is -2.34. The molecule has 0 spiro atoms. The summed E-state index contributed by atoms with van der Waals surface area (Å²) in [7, 11) is 1.45. The number of carbonyl (C=O) groups excluding carboxylic acids is 3. The number of urea groups is 3. The van der Waals surface area contributed by atoms with E-state index < -0.39 is 18.1 Å². The molecule has 186 valence electrons. The van der Waals surface area contributed by atoms with E-state index in [9.17, 15) is 14.8 Å². The summed E-state index contributed by atoms with van der Waals surface area (Å²) in [4.78, 5) is 30.6. The smallest absolute Gasteiger partial charge is 0.341 e. The van der Waals surface area contributed by atoms with Crippen molar-refractivity contribution in [3.8, 4) is 0 Å². The minimum absolute atomic E-state index is 0.0222. The van der Waals surface area contributed by atoms with Crippen LogP contribution in [0.1, 0.15) is 11.5 Å². The lowest BCUT2D eigenvalue weighted by Gasteiger charge is -2.11. The number of nitrogens with one attached hydrogen (secondary N) is 1. The second kappa shape index (κ2) is 12.5. The molecule has 0 saturated heterocycles. The third-order valence-electron chi connectivity index (χ3n) is 4.27. The SMILES string of the molecule is CNC(=O)N(O)Cc1cc2ccccc2o1.NC(=O)N(O)Cc1cc2ccccc2o1.NC(N)=O. The van der Waals surface area contributed by atoms with Crippen LogP contribution in [0.3, 0.4) is 0 Å². The van der Waals surface area contributed by atoms with Gasteiger partial charge < -0.3 is 31.4 Å². The number of para-hydroxylation sites is 2. The number of hydrogen-bond donors (Lipinski definition) is 6. The van der Waals surface area contributed by atoms with E-state index in [4.69, 9.17) is 24.6 Å². The van der Waals surface area contributed by atoms with Crippen LogP contribution in [0, 0.1) is 0 Å². The minimum Gasteiger partial charge on any atom is -0.459 e. The molecule has 13 nitrogen and oxygen atoms in total. The van der Waals surface area contributed by atoms with E-state index in [1.807, 2.05) is 48.5 Å². The maximum atomic E-state index is 11.1. The fourth-order valence-corrected chi connectivity index (χ4v) is 2.80. The monoisotopic (exact) mass is 486 g/mol. The summed E-state index contributed by atoms with van der Waals surface area (Å²) in [5.41, 5.74) is 14.8. The number of nitrogens with two attached hydrogens (primary N) is 3. The lowest BCUT2D eigenvalue weighted by molar-refractivity contribution is -0.0540. The molecule has 0 bridgehead atoms. The molecule has 4 aromatic rings. The fourth-order valence-electron chi connectivity index (χ4n) is 2.80. The van der Waals surface area contributed by atoms with Crippen molar-refractivity contribution in [3.05, 3.63) is 72.2 Å². The average molecular weight is 486 g/mol. The molecular weight excluding hydrogens is 460 g/mol. The largest absolute Gasteiger partial charge is 0.459 e. The standard InChI is InChI=1S/C11H12N2O3.C10H10N2O3.CH4N2O/c1-12-11(14)13(15)7-9-6-8-4-2-3-5-10(8)16-9;11-10(13)12(14)6-8-5-7-3-1-2-4-9(7)15-8;2-1(3)4/h2-6,15H,7H2,1H3,(H,12,14);1-5,14H,6H2,(H2,11,13);(H4,2,3,4). The summed E-state index contributed by atoms with van der Waals surface area (Å²) in [5, 5.41) is 23.6. The number of nitrogens with zero attached hydrogens (tertiary/aromatic N) is 2. The molecule has 0 aliphatic carbocycles. The summed E-state index contributed by atoms with van der Waals surface area (Å²) in [6.07, 6.45) is 0. The number of rotatable bonds is 4. The Hall–Kier alpha value is -4.75. The third-order valence-corrected chi connectivity index (χ3v) is 4.27. The zero-order valence-electron chi connectivity index (χ0n) is 18.7. The van der Waals surface area contributed by atoms with Crippen molar-refractivity contribution in [2.45, 2.75) is 13.1 Å². The molecule has 0 unspecified atom stereocenters. The first-order valence-corrected chi connectivity index (χ1v) is 10.0. The van der Waals surface area contributed by atoms with Gasteiger partial charge in [-0.3, -0.25) is 10.4 Å². The van der Waals surface area contributed by atoms with Crippen LogP contribution >= 0.6 is 0 Å². The molecule has 4 rings (SSSR count). The van der Waals surface area contributed by atoms with Crippen molar-refractivity contribution >= 4 is 40.0 Å². The molecule has 2 aromatic heterocycles. The van der Waals surface area contributed by atoms with Gasteiger partial charge in [0.2, 0.25) is 0 Å². The average Bonchev–Trinajstić information content (AvgIpc) is 3.41. The molecule has 35 heavy (non-hydrogen) atoms. The molecule has 0 atom stereocenters. The van der Waals surface area contributed by atoms with E-state index in [1.165, 1.54) is 7.05 Å². The molecule has 2 heterocycles. The number of amides is 6. The summed E-state index contributed by atoms with van der Waals surface area (Å²) in [6.45, 7) is -0.0294. The minimum atomic E-state index is -0.907. The highest BCUT2D eigenvalue weighted by Crippen LogP contribution is 2.20. The predicted octanol–water partition coefficient (Wildman–Crippen LogP) is 2.69. The summed E-state index contributed by atoms with van der Waals surface area (Å²) < 4.78 is 10.8. The molecule has 0 saturated carbocycles. The van der Waals surface area contributed by atoms with E-state index in [0.717, 1.165) is 16.4 Å². The number of fused-ring (bicyclic) bond motifs is 2. The highest BCUT2D eigenvalue weighted by atomic mass is 16.5. The van der Waals surface area contributed by atoms with Crippen molar-refractivity contribution in [1.82, 2.24) is 15.4 Å². The second-order valence-corrected chi connectivity index (χ2v) is 6.91. The van der Waals surface area contributed by atoms with E-state index >= 15 is 0 Å². The maximum absolute atomic E-state index is 11.1. The Labute approximate surface area is 199 Å². The third kappa shape index (κ3) is 8.27. The van der Waals surface area contributed by atoms with Gasteiger partial charge in [-0.2, -0.15) is 10.1 Å². The van der Waals surface area contributed by atoms with Gasteiger partial charge in [-0.1, -0.05) is 36.4 Å². The van der Waals surface area contributed by atoms with Crippen molar-refractivity contribution in [2.75, 3.05) is 7.05 Å². The Morgan fingerprint density at radius 3 is 1.57 bits per heavy atom. The van der Waals surface area contributed by atoms with Gasteiger partial charge in [0.1, 0.15) is 35.8 Å². The van der Waals surface area contributed by atoms with Gasteiger partial charge in [0.25, 0.3) is 0 Å². The molecule has 0 aliphatic heterocycles. The molecule has 13 heteroatoms. The van der Waals surface area contributed by atoms with Crippen LogP contribution in [-0.4, -0.2) is 45.7 Å². The normalized spacial score (nSPS) is 9.91. The van der Waals surface area contributed by atoms with Gasteiger partial charge in [0.05, 0.1) is 0 Å². The van der Waals surface area contributed by atoms with Crippen LogP contribution in [0.2, 0.25) is 0 Å². The van der Waals surface area contributed by atoms with Crippen molar-refractivity contribution in [2.24, 2.45) is 17.2 Å². The molecule has 9 N–H and O–H groups in total. The van der Waals surface area contributed by atoms with Crippen LogP contribution in [0.15, 0.2) is 69.5 Å². The Bertz CT molecular complexity index is 1220. The van der Waals surface area contributed by atoms with E-state index in [0.29, 0.717) is 27.2 Å². The van der Waals surface area contributed by atoms with Gasteiger partial charge in [-0.05, 0) is 24.3 Å². The molecule has 2 aromatic carbocycles. The van der Waals surface area contributed by atoms with Gasteiger partial charge >= 0.3 is 18.1 Å². The maximum Gasteiger partial charge on any atom is 0.341 e. The zero-order chi connectivity index (χ0) is 26.0. The van der Waals surface area contributed by atoms with Crippen molar-refractivity contribution in [3.63, 3.8) is 0 Å². The Morgan fingerprint density at radius 1 is 0.800 bits per heavy atom. The number of carbonyl (C=O) groups is 3. The van der Waals surface area contributed by atoms with E-state index in [1.54, 1.807) is 12.1 Å². The summed E-state index contributed by atoms with van der Waals surface area (Å²) >= 11 is 0.